The van der Waals surface area contributed by atoms with Crippen LogP contribution in [-0.4, -0.2) is 10.2 Å². The average molecular weight is 265 g/mol. The number of non-ortho nitro benzene ring substituents is 1. The summed E-state index contributed by atoms with van der Waals surface area (Å²) in [4.78, 5) is 21.1. The monoisotopic (exact) mass is 264 g/mol. The Kier molecular flexibility index (Phi) is 3.43. The van der Waals surface area contributed by atoms with Crippen molar-refractivity contribution in [3.8, 4) is 0 Å². The normalized spacial score (nSPS) is 14.3. The molecule has 0 aromatic heterocycles. The fraction of sp³-hybridized carbons (Fsp3) is 0.0833. The lowest BCUT2D eigenvalue weighted by Gasteiger charge is -2.13. The number of nitro benzene ring substituents is 1. The van der Waals surface area contributed by atoms with Crippen LogP contribution in [0.3, 0.4) is 0 Å². The van der Waals surface area contributed by atoms with E-state index < -0.39 is 10.2 Å². The molecule has 92 valence electrons. The van der Waals surface area contributed by atoms with Crippen LogP contribution in [0.15, 0.2) is 42.1 Å². The summed E-state index contributed by atoms with van der Waals surface area (Å²) in [6.45, 7) is 0. The fourth-order valence-corrected chi connectivity index (χ4v) is 1.75. The molecular weight excluding hydrogens is 256 g/mol. The smallest absolute Gasteiger partial charge is 0.270 e. The molecule has 0 atom stereocenters. The number of carbonyl (C=O) groups is 1. The first-order valence-electron chi connectivity index (χ1n) is 5.18. The Morgan fingerprint density at radius 1 is 1.44 bits per heavy atom. The number of allylic oxidation sites excluding steroid dienone is 2. The van der Waals surface area contributed by atoms with Gasteiger partial charge in [0, 0.05) is 35.2 Å². The molecule has 0 bridgehead atoms. The third-order valence-electron chi connectivity index (χ3n) is 2.55. The van der Waals surface area contributed by atoms with Crippen LogP contribution in [-0.2, 0) is 4.79 Å². The summed E-state index contributed by atoms with van der Waals surface area (Å²) >= 11 is 5.35. The van der Waals surface area contributed by atoms with Crippen molar-refractivity contribution in [3.05, 3.63) is 57.8 Å². The van der Waals surface area contributed by atoms with Crippen LogP contribution in [0.4, 0.5) is 5.69 Å². The molecule has 6 heteroatoms. The van der Waals surface area contributed by atoms with Crippen LogP contribution in [0.25, 0.3) is 5.70 Å². The quantitative estimate of drug-likeness (QED) is 0.517. The van der Waals surface area contributed by atoms with Crippen molar-refractivity contribution in [3.63, 3.8) is 0 Å². The molecule has 18 heavy (non-hydrogen) atoms. The van der Waals surface area contributed by atoms with Crippen LogP contribution in [0.5, 0.6) is 0 Å². The largest absolute Gasteiger partial charge is 0.361 e. The zero-order chi connectivity index (χ0) is 13.1. The van der Waals surface area contributed by atoms with E-state index in [1.807, 2.05) is 0 Å². The summed E-state index contributed by atoms with van der Waals surface area (Å²) in [5, 5.41) is 13.1. The highest BCUT2D eigenvalue weighted by Crippen LogP contribution is 2.22. The van der Waals surface area contributed by atoms with Gasteiger partial charge in [-0.2, -0.15) is 0 Å². The molecule has 1 aromatic carbocycles. The predicted molar refractivity (Wildman–Crippen MR) is 67.8 cm³/mol. The van der Waals surface area contributed by atoms with E-state index in [-0.39, 0.29) is 5.69 Å². The zero-order valence-electron chi connectivity index (χ0n) is 9.22. The maximum absolute atomic E-state index is 10.9. The second kappa shape index (κ2) is 5.01. The lowest BCUT2D eigenvalue weighted by atomic mass is 10.1. The molecule has 0 amide bonds. The Labute approximate surface area is 108 Å². The molecule has 0 fully saturated rings. The molecule has 0 unspecified atom stereocenters. The first-order chi connectivity index (χ1) is 8.58. The molecule has 0 spiro atoms. The number of nitrogens with zero attached hydrogens (tertiary/aromatic N) is 1. The molecule has 1 heterocycles. The van der Waals surface area contributed by atoms with E-state index in [0.29, 0.717) is 17.6 Å². The van der Waals surface area contributed by atoms with Crippen molar-refractivity contribution in [1.29, 1.82) is 0 Å². The van der Waals surface area contributed by atoms with Gasteiger partial charge in [0.1, 0.15) is 0 Å². The van der Waals surface area contributed by atoms with Crippen molar-refractivity contribution in [2.24, 2.45) is 0 Å². The van der Waals surface area contributed by atoms with Gasteiger partial charge in [-0.05, 0) is 18.0 Å². The molecular formula is C12H9ClN2O3. The van der Waals surface area contributed by atoms with E-state index in [2.05, 4.69) is 5.32 Å². The number of nitro groups is 1. The van der Waals surface area contributed by atoms with Gasteiger partial charge in [0.15, 0.2) is 0 Å². The number of nitrogens with one attached hydrogen (secondary N) is 1. The first-order valence-corrected chi connectivity index (χ1v) is 5.56. The maximum atomic E-state index is 10.9. The minimum atomic E-state index is -0.503. The number of rotatable bonds is 3. The summed E-state index contributed by atoms with van der Waals surface area (Å²) in [6, 6.07) is 6.27. The molecule has 1 N–H and O–H groups in total. The van der Waals surface area contributed by atoms with Crippen LogP contribution in [0, 0.1) is 10.1 Å². The van der Waals surface area contributed by atoms with E-state index in [4.69, 9.17) is 11.6 Å². The molecule has 5 nitrogen and oxygen atoms in total. The SMILES string of the molecule is O=C(Cl)C1=CNC(c2cccc([N+](=O)[O-])c2)=CC1. The Bertz CT molecular complexity index is 578. The van der Waals surface area contributed by atoms with Crippen LogP contribution in [0.2, 0.25) is 0 Å². The second-order valence-corrected chi connectivity index (χ2v) is 4.06. The molecule has 0 aliphatic carbocycles. The number of benzene rings is 1. The zero-order valence-corrected chi connectivity index (χ0v) is 9.98. The summed E-state index contributed by atoms with van der Waals surface area (Å²) < 4.78 is 0. The van der Waals surface area contributed by atoms with Crippen molar-refractivity contribution in [2.45, 2.75) is 6.42 Å². The van der Waals surface area contributed by atoms with E-state index in [1.165, 1.54) is 18.3 Å². The Morgan fingerprint density at radius 2 is 2.22 bits per heavy atom. The third kappa shape index (κ3) is 2.57. The number of hydrogen-bond donors (Lipinski definition) is 1. The molecule has 1 aliphatic heterocycles. The number of carbonyl (C=O) groups excluding carboxylic acids is 1. The number of hydrogen-bond acceptors (Lipinski definition) is 4. The van der Waals surface area contributed by atoms with Crippen molar-refractivity contribution in [1.82, 2.24) is 5.32 Å². The van der Waals surface area contributed by atoms with Gasteiger partial charge in [0.2, 0.25) is 5.24 Å². The van der Waals surface area contributed by atoms with Gasteiger partial charge in [0.05, 0.1) is 4.92 Å². The highest BCUT2D eigenvalue weighted by Gasteiger charge is 2.13. The predicted octanol–water partition coefficient (Wildman–Crippen LogP) is 2.58. The lowest BCUT2D eigenvalue weighted by molar-refractivity contribution is -0.384. The summed E-state index contributed by atoms with van der Waals surface area (Å²) in [7, 11) is 0. The molecule has 0 saturated heterocycles. The van der Waals surface area contributed by atoms with Crippen molar-refractivity contribution < 1.29 is 9.72 Å². The van der Waals surface area contributed by atoms with Gasteiger partial charge < -0.3 is 5.32 Å². The Morgan fingerprint density at radius 3 is 2.78 bits per heavy atom. The van der Waals surface area contributed by atoms with Gasteiger partial charge in [-0.1, -0.05) is 18.2 Å². The van der Waals surface area contributed by atoms with Crippen molar-refractivity contribution in [2.75, 3.05) is 0 Å². The summed E-state index contributed by atoms with van der Waals surface area (Å²) in [6.07, 6.45) is 3.70. The first kappa shape index (κ1) is 12.3. The lowest BCUT2D eigenvalue weighted by Crippen LogP contribution is -2.12. The fourth-order valence-electron chi connectivity index (χ4n) is 1.62. The van der Waals surface area contributed by atoms with E-state index >= 15 is 0 Å². The number of dihydropyridines is 1. The van der Waals surface area contributed by atoms with Crippen LogP contribution in [0.1, 0.15) is 12.0 Å². The third-order valence-corrected chi connectivity index (χ3v) is 2.79. The topological polar surface area (TPSA) is 72.2 Å². The minimum absolute atomic E-state index is 0.0263. The Hall–Kier alpha value is -2.14. The maximum Gasteiger partial charge on any atom is 0.270 e. The van der Waals surface area contributed by atoms with Gasteiger partial charge in [0.25, 0.3) is 5.69 Å². The van der Waals surface area contributed by atoms with Gasteiger partial charge in [-0.25, -0.2) is 0 Å². The van der Waals surface area contributed by atoms with Crippen molar-refractivity contribution >= 4 is 28.2 Å². The molecule has 1 aromatic rings. The molecule has 0 saturated carbocycles. The molecule has 0 radical (unpaired) electrons. The highest BCUT2D eigenvalue weighted by molar-refractivity contribution is 6.67. The number of halogens is 1. The molecule has 2 rings (SSSR count). The molecule has 1 aliphatic rings. The van der Waals surface area contributed by atoms with Crippen LogP contribution >= 0.6 is 11.6 Å². The second-order valence-electron chi connectivity index (χ2n) is 3.72. The van der Waals surface area contributed by atoms with Gasteiger partial charge in [-0.3, -0.25) is 14.9 Å². The van der Waals surface area contributed by atoms with E-state index in [0.717, 1.165) is 5.70 Å². The highest BCUT2D eigenvalue weighted by atomic mass is 35.5. The minimum Gasteiger partial charge on any atom is -0.361 e. The standard InChI is InChI=1S/C12H9ClN2O3/c13-12(16)9-4-5-11(14-7-9)8-2-1-3-10(6-8)15(17)18/h1-3,5-7,14H,4H2. The van der Waals surface area contributed by atoms with E-state index in [9.17, 15) is 14.9 Å². The summed E-state index contributed by atoms with van der Waals surface area (Å²) in [5.41, 5.74) is 1.91. The van der Waals surface area contributed by atoms with E-state index in [1.54, 1.807) is 18.2 Å². The summed E-state index contributed by atoms with van der Waals surface area (Å²) in [5.74, 6) is 0. The van der Waals surface area contributed by atoms with Gasteiger partial charge in [-0.15, -0.1) is 0 Å². The average Bonchev–Trinajstić information content (AvgIpc) is 2.39. The Balaban J connectivity index is 2.22. The van der Waals surface area contributed by atoms with Gasteiger partial charge >= 0.3 is 0 Å². The van der Waals surface area contributed by atoms with Crippen LogP contribution < -0.4 is 5.32 Å².